The van der Waals surface area contributed by atoms with Crippen LogP contribution in [0.4, 0.5) is 0 Å². The second-order valence-corrected chi connectivity index (χ2v) is 4.11. The highest BCUT2D eigenvalue weighted by molar-refractivity contribution is 5.73. The zero-order valence-corrected chi connectivity index (χ0v) is 8.82. The van der Waals surface area contributed by atoms with Crippen LogP contribution in [0.3, 0.4) is 0 Å². The van der Waals surface area contributed by atoms with Crippen molar-refractivity contribution in [2.45, 2.75) is 38.8 Å². The molecule has 1 rings (SSSR count). The van der Waals surface area contributed by atoms with Crippen LogP contribution in [0.2, 0.25) is 0 Å². The third-order valence-electron chi connectivity index (χ3n) is 2.57. The molecule has 0 aliphatic carbocycles. The molecular formula is C10H19NO3. The van der Waals surface area contributed by atoms with Gasteiger partial charge >= 0.3 is 5.97 Å². The number of hydrogen-bond donors (Lipinski definition) is 2. The first kappa shape index (κ1) is 11.5. The summed E-state index contributed by atoms with van der Waals surface area (Å²) in [5.41, 5.74) is 0. The molecule has 2 N–H and O–H groups in total. The molecule has 4 nitrogen and oxygen atoms in total. The monoisotopic (exact) mass is 201 g/mol. The van der Waals surface area contributed by atoms with E-state index in [0.717, 1.165) is 26.1 Å². The normalized spacial score (nSPS) is 21.1. The van der Waals surface area contributed by atoms with E-state index in [2.05, 4.69) is 5.32 Å². The summed E-state index contributed by atoms with van der Waals surface area (Å²) in [6.45, 7) is 5.32. The lowest BCUT2D eigenvalue weighted by Gasteiger charge is -2.28. The number of nitrogens with one attached hydrogen (secondary N) is 1. The van der Waals surface area contributed by atoms with E-state index >= 15 is 0 Å². The highest BCUT2D eigenvalue weighted by atomic mass is 16.5. The highest BCUT2D eigenvalue weighted by Crippen LogP contribution is 2.10. The van der Waals surface area contributed by atoms with E-state index in [1.54, 1.807) is 0 Å². The molecule has 1 heterocycles. The topological polar surface area (TPSA) is 58.6 Å². The minimum absolute atomic E-state index is 0.121. The molecule has 0 bridgehead atoms. The number of carboxylic acid groups (broad SMARTS) is 1. The van der Waals surface area contributed by atoms with Gasteiger partial charge in [-0.1, -0.05) is 13.8 Å². The number of hydrogen-bond acceptors (Lipinski definition) is 3. The van der Waals surface area contributed by atoms with Crippen LogP contribution in [0.15, 0.2) is 0 Å². The summed E-state index contributed by atoms with van der Waals surface area (Å²) in [5.74, 6) is -0.637. The van der Waals surface area contributed by atoms with Crippen molar-refractivity contribution in [2.24, 2.45) is 5.92 Å². The molecule has 0 radical (unpaired) electrons. The van der Waals surface area contributed by atoms with Crippen LogP contribution in [0, 0.1) is 5.92 Å². The van der Waals surface area contributed by atoms with E-state index in [0.29, 0.717) is 6.04 Å². The van der Waals surface area contributed by atoms with E-state index in [9.17, 15) is 4.79 Å². The van der Waals surface area contributed by atoms with Crippen molar-refractivity contribution in [3.8, 4) is 0 Å². The van der Waals surface area contributed by atoms with Crippen molar-refractivity contribution in [3.63, 3.8) is 0 Å². The van der Waals surface area contributed by atoms with Crippen LogP contribution in [0.25, 0.3) is 0 Å². The zero-order valence-electron chi connectivity index (χ0n) is 8.82. The Hall–Kier alpha value is -0.610. The largest absolute Gasteiger partial charge is 0.480 e. The van der Waals surface area contributed by atoms with Crippen molar-refractivity contribution in [1.29, 1.82) is 0 Å². The van der Waals surface area contributed by atoms with Gasteiger partial charge in [-0.3, -0.25) is 4.79 Å². The summed E-state index contributed by atoms with van der Waals surface area (Å²) in [5, 5.41) is 12.2. The maximum Gasteiger partial charge on any atom is 0.320 e. The van der Waals surface area contributed by atoms with Crippen molar-refractivity contribution < 1.29 is 14.6 Å². The summed E-state index contributed by atoms with van der Waals surface area (Å²) in [6.07, 6.45) is 1.83. The first-order valence-electron chi connectivity index (χ1n) is 5.18. The predicted octanol–water partition coefficient (Wildman–Crippen LogP) is 0.864. The Kier molecular flexibility index (Phi) is 4.35. The van der Waals surface area contributed by atoms with Gasteiger partial charge in [-0.25, -0.2) is 0 Å². The number of aliphatic carboxylic acids is 1. The smallest absolute Gasteiger partial charge is 0.320 e. The Morgan fingerprint density at radius 2 is 2.00 bits per heavy atom. The standard InChI is InChI=1S/C10H19NO3/c1-7(2)9(10(12)13)11-8-3-5-14-6-4-8/h7-9,11H,3-6H2,1-2H3,(H,12,13)/t9-/m0/s1. The molecule has 0 aromatic heterocycles. The molecule has 1 saturated heterocycles. The Bertz CT molecular complexity index is 188. The van der Waals surface area contributed by atoms with E-state index in [1.165, 1.54) is 0 Å². The fourth-order valence-corrected chi connectivity index (χ4v) is 1.67. The molecule has 0 saturated carbocycles. The SMILES string of the molecule is CC(C)[C@H](NC1CCOCC1)C(=O)O. The molecule has 0 unspecified atom stereocenters. The summed E-state index contributed by atoms with van der Waals surface area (Å²) >= 11 is 0. The first-order valence-corrected chi connectivity index (χ1v) is 5.18. The minimum atomic E-state index is -0.758. The van der Waals surface area contributed by atoms with Crippen LogP contribution in [-0.2, 0) is 9.53 Å². The van der Waals surface area contributed by atoms with Gasteiger partial charge < -0.3 is 15.2 Å². The molecule has 0 spiro atoms. The molecule has 0 amide bonds. The van der Waals surface area contributed by atoms with E-state index in [1.807, 2.05) is 13.8 Å². The third-order valence-corrected chi connectivity index (χ3v) is 2.57. The fraction of sp³-hybridized carbons (Fsp3) is 0.900. The van der Waals surface area contributed by atoms with Crippen LogP contribution in [-0.4, -0.2) is 36.4 Å². The predicted molar refractivity (Wildman–Crippen MR) is 53.2 cm³/mol. The molecule has 0 aromatic rings. The van der Waals surface area contributed by atoms with Crippen LogP contribution in [0.5, 0.6) is 0 Å². The van der Waals surface area contributed by atoms with Gasteiger partial charge in [-0.15, -0.1) is 0 Å². The van der Waals surface area contributed by atoms with Crippen LogP contribution in [0.1, 0.15) is 26.7 Å². The number of rotatable bonds is 4. The molecule has 14 heavy (non-hydrogen) atoms. The summed E-state index contributed by atoms with van der Waals surface area (Å²) in [7, 11) is 0. The second kappa shape index (κ2) is 5.32. The van der Waals surface area contributed by atoms with Crippen molar-refractivity contribution in [3.05, 3.63) is 0 Å². The lowest BCUT2D eigenvalue weighted by molar-refractivity contribution is -0.141. The Labute approximate surface area is 84.6 Å². The molecule has 4 heteroatoms. The minimum Gasteiger partial charge on any atom is -0.480 e. The van der Waals surface area contributed by atoms with Crippen LogP contribution < -0.4 is 5.32 Å². The van der Waals surface area contributed by atoms with Gasteiger partial charge in [0.1, 0.15) is 6.04 Å². The Morgan fingerprint density at radius 1 is 1.43 bits per heavy atom. The third kappa shape index (κ3) is 3.27. The van der Waals surface area contributed by atoms with Gasteiger partial charge in [0.2, 0.25) is 0 Å². The highest BCUT2D eigenvalue weighted by Gasteiger charge is 2.25. The van der Waals surface area contributed by atoms with Gasteiger partial charge in [-0.05, 0) is 18.8 Å². The van der Waals surface area contributed by atoms with Gasteiger partial charge in [0.05, 0.1) is 0 Å². The summed E-state index contributed by atoms with van der Waals surface area (Å²) in [6, 6.07) is -0.134. The van der Waals surface area contributed by atoms with E-state index < -0.39 is 12.0 Å². The number of ether oxygens (including phenoxy) is 1. The van der Waals surface area contributed by atoms with Crippen molar-refractivity contribution in [2.75, 3.05) is 13.2 Å². The maximum absolute atomic E-state index is 10.9. The molecule has 1 aliphatic heterocycles. The first-order chi connectivity index (χ1) is 6.61. The van der Waals surface area contributed by atoms with Gasteiger partial charge in [0.15, 0.2) is 0 Å². The number of carbonyl (C=O) groups is 1. The van der Waals surface area contributed by atoms with Crippen molar-refractivity contribution >= 4 is 5.97 Å². The maximum atomic E-state index is 10.9. The average Bonchev–Trinajstić information content (AvgIpc) is 2.15. The average molecular weight is 201 g/mol. The number of carboxylic acids is 1. The fourth-order valence-electron chi connectivity index (χ4n) is 1.67. The summed E-state index contributed by atoms with van der Waals surface area (Å²) in [4.78, 5) is 10.9. The van der Waals surface area contributed by atoms with E-state index in [4.69, 9.17) is 9.84 Å². The quantitative estimate of drug-likeness (QED) is 0.708. The molecule has 1 atom stereocenters. The van der Waals surface area contributed by atoms with Gasteiger partial charge in [0.25, 0.3) is 0 Å². The zero-order chi connectivity index (χ0) is 10.6. The lowest BCUT2D eigenvalue weighted by Crippen LogP contribution is -2.48. The Balaban J connectivity index is 2.41. The van der Waals surface area contributed by atoms with Gasteiger partial charge in [0, 0.05) is 19.3 Å². The van der Waals surface area contributed by atoms with E-state index in [-0.39, 0.29) is 5.92 Å². The molecular weight excluding hydrogens is 182 g/mol. The molecule has 82 valence electrons. The van der Waals surface area contributed by atoms with Gasteiger partial charge in [-0.2, -0.15) is 0 Å². The Morgan fingerprint density at radius 3 is 2.43 bits per heavy atom. The molecule has 1 aliphatic rings. The lowest BCUT2D eigenvalue weighted by atomic mass is 10.0. The van der Waals surface area contributed by atoms with Crippen molar-refractivity contribution in [1.82, 2.24) is 5.32 Å². The van der Waals surface area contributed by atoms with Crippen LogP contribution >= 0.6 is 0 Å². The molecule has 0 aromatic carbocycles. The second-order valence-electron chi connectivity index (χ2n) is 4.11. The summed E-state index contributed by atoms with van der Waals surface area (Å²) < 4.78 is 5.21. The molecule has 1 fully saturated rings.